The molecule has 0 saturated carbocycles. The summed E-state index contributed by atoms with van der Waals surface area (Å²) in [4.78, 5) is 11.2. The third-order valence-electron chi connectivity index (χ3n) is 3.12. The van der Waals surface area contributed by atoms with Gasteiger partial charge in [0.2, 0.25) is 0 Å². The number of hydrogen-bond donors (Lipinski definition) is 1. The highest BCUT2D eigenvalue weighted by molar-refractivity contribution is 6.04. The molecule has 1 aromatic carbocycles. The molecule has 3 rings (SSSR count). The van der Waals surface area contributed by atoms with Gasteiger partial charge in [0.25, 0.3) is 0 Å². The molecule has 1 aromatic heterocycles. The molecule has 0 spiro atoms. The Kier molecular flexibility index (Phi) is 2.40. The number of fused-ring (bicyclic) bond motifs is 2. The average molecular weight is 247 g/mol. The summed E-state index contributed by atoms with van der Waals surface area (Å²) < 4.78 is 12.9. The molecule has 0 aliphatic carbocycles. The lowest BCUT2D eigenvalue weighted by atomic mass is 10.1. The zero-order valence-corrected chi connectivity index (χ0v) is 9.97. The first-order chi connectivity index (χ1) is 8.70. The highest BCUT2D eigenvalue weighted by atomic mass is 16.6. The summed E-state index contributed by atoms with van der Waals surface area (Å²) in [5.74, 6) is 0.368. The van der Waals surface area contributed by atoms with E-state index >= 15 is 0 Å². The van der Waals surface area contributed by atoms with Gasteiger partial charge in [-0.1, -0.05) is 0 Å². The van der Waals surface area contributed by atoms with E-state index in [4.69, 9.17) is 9.47 Å². The first kappa shape index (κ1) is 11.0. The first-order valence-corrected chi connectivity index (χ1v) is 5.86. The van der Waals surface area contributed by atoms with Crippen molar-refractivity contribution in [3.05, 3.63) is 23.9 Å². The fourth-order valence-electron chi connectivity index (χ4n) is 2.26. The van der Waals surface area contributed by atoms with E-state index in [-0.39, 0.29) is 0 Å². The number of nitrogens with zero attached hydrogens (tertiary/aromatic N) is 1. The molecular formula is C13H13NO4. The van der Waals surface area contributed by atoms with Gasteiger partial charge in [0.1, 0.15) is 13.2 Å². The molecule has 1 aliphatic heterocycles. The Morgan fingerprint density at radius 3 is 2.61 bits per heavy atom. The molecule has 2 aromatic rings. The van der Waals surface area contributed by atoms with E-state index in [9.17, 15) is 9.90 Å². The Balaban J connectivity index is 2.30. The van der Waals surface area contributed by atoms with Gasteiger partial charge >= 0.3 is 5.97 Å². The standard InChI is InChI=1S/C13H13NO4/c1-2-14-7-9(13(15)16)8-5-11-12(6-10(8)14)18-4-3-17-11/h5-7H,2-4H2,1H3,(H,15,16). The van der Waals surface area contributed by atoms with Crippen molar-refractivity contribution in [3.63, 3.8) is 0 Å². The van der Waals surface area contributed by atoms with Crippen molar-refractivity contribution in [2.45, 2.75) is 13.5 Å². The topological polar surface area (TPSA) is 60.7 Å². The molecule has 1 N–H and O–H groups in total. The highest BCUT2D eigenvalue weighted by Crippen LogP contribution is 2.36. The Hall–Kier alpha value is -2.17. The van der Waals surface area contributed by atoms with Crippen LogP contribution in [-0.2, 0) is 6.54 Å². The van der Waals surface area contributed by atoms with Crippen molar-refractivity contribution in [1.82, 2.24) is 4.57 Å². The monoisotopic (exact) mass is 247 g/mol. The molecular weight excluding hydrogens is 234 g/mol. The van der Waals surface area contributed by atoms with E-state index in [2.05, 4.69) is 0 Å². The van der Waals surface area contributed by atoms with Crippen LogP contribution in [0.2, 0.25) is 0 Å². The van der Waals surface area contributed by atoms with E-state index in [1.807, 2.05) is 17.6 Å². The molecule has 5 nitrogen and oxygen atoms in total. The van der Waals surface area contributed by atoms with Gasteiger partial charge in [0.05, 0.1) is 11.1 Å². The summed E-state index contributed by atoms with van der Waals surface area (Å²) in [6.45, 7) is 3.71. The molecule has 5 heteroatoms. The van der Waals surface area contributed by atoms with Gasteiger partial charge in [-0.2, -0.15) is 0 Å². The summed E-state index contributed by atoms with van der Waals surface area (Å²) in [6, 6.07) is 3.60. The zero-order chi connectivity index (χ0) is 12.7. The molecule has 2 heterocycles. The second-order valence-electron chi connectivity index (χ2n) is 4.15. The van der Waals surface area contributed by atoms with Gasteiger partial charge in [-0.3, -0.25) is 0 Å². The van der Waals surface area contributed by atoms with Gasteiger partial charge in [0.15, 0.2) is 11.5 Å². The lowest BCUT2D eigenvalue weighted by Crippen LogP contribution is -2.15. The summed E-state index contributed by atoms with van der Waals surface area (Å²) in [5.41, 5.74) is 1.16. The zero-order valence-electron chi connectivity index (χ0n) is 9.97. The van der Waals surface area contributed by atoms with E-state index in [1.165, 1.54) is 0 Å². The number of hydrogen-bond acceptors (Lipinski definition) is 3. The number of carbonyl (C=O) groups is 1. The number of carboxylic acid groups (broad SMARTS) is 1. The van der Waals surface area contributed by atoms with Crippen molar-refractivity contribution >= 4 is 16.9 Å². The van der Waals surface area contributed by atoms with Crippen LogP contribution in [0, 0.1) is 0 Å². The molecule has 0 fully saturated rings. The number of benzene rings is 1. The van der Waals surface area contributed by atoms with Crippen LogP contribution in [0.3, 0.4) is 0 Å². The number of aromatic nitrogens is 1. The third kappa shape index (κ3) is 1.51. The fourth-order valence-corrected chi connectivity index (χ4v) is 2.26. The normalized spacial score (nSPS) is 13.8. The van der Waals surface area contributed by atoms with Gasteiger partial charge in [-0.25, -0.2) is 4.79 Å². The molecule has 0 unspecified atom stereocenters. The SMILES string of the molecule is CCn1cc(C(=O)O)c2cc3c(cc21)OCCO3. The van der Waals surface area contributed by atoms with Crippen molar-refractivity contribution in [1.29, 1.82) is 0 Å². The molecule has 0 saturated heterocycles. The predicted octanol–water partition coefficient (Wildman–Crippen LogP) is 2.13. The Labute approximate surface area is 104 Å². The largest absolute Gasteiger partial charge is 0.486 e. The Morgan fingerprint density at radius 2 is 2.00 bits per heavy atom. The van der Waals surface area contributed by atoms with Crippen LogP contribution in [0.1, 0.15) is 17.3 Å². The van der Waals surface area contributed by atoms with Crippen LogP contribution < -0.4 is 9.47 Å². The summed E-state index contributed by atoms with van der Waals surface area (Å²) in [5, 5.41) is 9.90. The van der Waals surface area contributed by atoms with E-state index in [0.717, 1.165) is 5.52 Å². The molecule has 0 atom stereocenters. The maximum absolute atomic E-state index is 11.2. The lowest BCUT2D eigenvalue weighted by molar-refractivity contribution is 0.0699. The maximum atomic E-state index is 11.2. The molecule has 1 aliphatic rings. The van der Waals surface area contributed by atoms with Gasteiger partial charge < -0.3 is 19.1 Å². The number of ether oxygens (including phenoxy) is 2. The van der Waals surface area contributed by atoms with E-state index < -0.39 is 5.97 Å². The minimum Gasteiger partial charge on any atom is -0.486 e. The lowest BCUT2D eigenvalue weighted by Gasteiger charge is -2.18. The number of aryl methyl sites for hydroxylation is 1. The second kappa shape index (κ2) is 3.94. The number of aromatic carboxylic acids is 1. The molecule has 0 amide bonds. The van der Waals surface area contributed by atoms with Gasteiger partial charge in [0, 0.05) is 24.2 Å². The van der Waals surface area contributed by atoms with Gasteiger partial charge in [-0.15, -0.1) is 0 Å². The quantitative estimate of drug-likeness (QED) is 0.883. The summed E-state index contributed by atoms with van der Waals surface area (Å²) in [6.07, 6.45) is 1.65. The maximum Gasteiger partial charge on any atom is 0.337 e. The molecule has 0 radical (unpaired) electrons. The smallest absolute Gasteiger partial charge is 0.337 e. The minimum atomic E-state index is -0.927. The van der Waals surface area contributed by atoms with Gasteiger partial charge in [-0.05, 0) is 13.0 Å². The number of carboxylic acids is 1. The van der Waals surface area contributed by atoms with Crippen molar-refractivity contribution in [2.75, 3.05) is 13.2 Å². The second-order valence-corrected chi connectivity index (χ2v) is 4.15. The highest BCUT2D eigenvalue weighted by Gasteiger charge is 2.19. The van der Waals surface area contributed by atoms with Crippen LogP contribution in [0.15, 0.2) is 18.3 Å². The Bertz CT molecular complexity index is 629. The molecule has 94 valence electrons. The summed E-state index contributed by atoms with van der Waals surface area (Å²) in [7, 11) is 0. The minimum absolute atomic E-state index is 0.295. The molecule has 0 bridgehead atoms. The van der Waals surface area contributed by atoms with Crippen molar-refractivity contribution in [3.8, 4) is 11.5 Å². The van der Waals surface area contributed by atoms with Crippen LogP contribution in [0.5, 0.6) is 11.5 Å². The fraction of sp³-hybridized carbons (Fsp3) is 0.308. The van der Waals surface area contributed by atoms with Crippen molar-refractivity contribution in [2.24, 2.45) is 0 Å². The van der Waals surface area contributed by atoms with Crippen LogP contribution >= 0.6 is 0 Å². The average Bonchev–Trinajstić information content (AvgIpc) is 2.74. The van der Waals surface area contributed by atoms with Crippen LogP contribution in [-0.4, -0.2) is 28.9 Å². The van der Waals surface area contributed by atoms with Crippen molar-refractivity contribution < 1.29 is 19.4 Å². The predicted molar refractivity (Wildman–Crippen MR) is 65.6 cm³/mol. The molecule has 18 heavy (non-hydrogen) atoms. The summed E-state index contributed by atoms with van der Waals surface area (Å²) >= 11 is 0. The van der Waals surface area contributed by atoms with Crippen LogP contribution in [0.25, 0.3) is 10.9 Å². The number of rotatable bonds is 2. The Morgan fingerprint density at radius 1 is 1.33 bits per heavy atom. The van der Waals surface area contributed by atoms with E-state index in [0.29, 0.717) is 42.2 Å². The third-order valence-corrected chi connectivity index (χ3v) is 3.12. The first-order valence-electron chi connectivity index (χ1n) is 5.86. The van der Waals surface area contributed by atoms with Crippen LogP contribution in [0.4, 0.5) is 0 Å². The van der Waals surface area contributed by atoms with E-state index in [1.54, 1.807) is 12.3 Å².